The first-order valence-corrected chi connectivity index (χ1v) is 13.7. The van der Waals surface area contributed by atoms with Gasteiger partial charge in [0.25, 0.3) is 0 Å². The molecular formula is C24H34N2O6S. The van der Waals surface area contributed by atoms with E-state index >= 15 is 0 Å². The highest BCUT2D eigenvalue weighted by molar-refractivity contribution is 7.89. The Labute approximate surface area is 195 Å². The summed E-state index contributed by atoms with van der Waals surface area (Å²) in [4.78, 5) is 26.4. The Bertz CT molecular complexity index is 998. The van der Waals surface area contributed by atoms with Crippen molar-refractivity contribution in [3.8, 4) is 0 Å². The monoisotopic (exact) mass is 478 g/mol. The lowest BCUT2D eigenvalue weighted by Crippen LogP contribution is -2.53. The molecule has 9 heteroatoms. The Balaban J connectivity index is 1.18. The number of Topliss-reactive ketones (excluding diaryl/α,β-unsaturated/α-hetero) is 1. The van der Waals surface area contributed by atoms with Crippen LogP contribution in [0.3, 0.4) is 0 Å². The van der Waals surface area contributed by atoms with E-state index < -0.39 is 22.0 Å². The van der Waals surface area contributed by atoms with Crippen LogP contribution < -0.4 is 0 Å². The fourth-order valence-corrected chi connectivity index (χ4v) is 9.23. The van der Waals surface area contributed by atoms with E-state index in [9.17, 15) is 18.0 Å². The quantitative estimate of drug-likeness (QED) is 0.577. The molecule has 0 spiro atoms. The number of hydrogen-bond donors (Lipinski definition) is 0. The summed E-state index contributed by atoms with van der Waals surface area (Å²) in [5.74, 6) is 1.58. The maximum atomic E-state index is 13.4. The highest BCUT2D eigenvalue weighted by Crippen LogP contribution is 2.60. The van der Waals surface area contributed by atoms with E-state index in [1.54, 1.807) is 20.8 Å². The number of ketones is 1. The molecule has 0 amide bonds. The minimum absolute atomic E-state index is 0.105. The molecule has 1 unspecified atom stereocenters. The summed E-state index contributed by atoms with van der Waals surface area (Å²) in [5.41, 5.74) is 0.0475. The second-order valence-electron chi connectivity index (χ2n) is 11.0. The van der Waals surface area contributed by atoms with Gasteiger partial charge in [-0.15, -0.1) is 0 Å². The fourth-order valence-electron chi connectivity index (χ4n) is 7.47. The van der Waals surface area contributed by atoms with Crippen LogP contribution in [-0.4, -0.2) is 48.8 Å². The molecule has 182 valence electrons. The van der Waals surface area contributed by atoms with Crippen molar-refractivity contribution in [2.45, 2.75) is 83.1 Å². The van der Waals surface area contributed by atoms with Crippen LogP contribution in [0.25, 0.3) is 0 Å². The molecule has 4 saturated carbocycles. The zero-order chi connectivity index (χ0) is 23.5. The molecule has 33 heavy (non-hydrogen) atoms. The summed E-state index contributed by atoms with van der Waals surface area (Å²) in [7, 11) is -3.72. The van der Waals surface area contributed by atoms with Gasteiger partial charge in [0.1, 0.15) is 10.6 Å². The number of carbonyl (C=O) groups excluding carboxylic acids is 2. The van der Waals surface area contributed by atoms with Crippen molar-refractivity contribution in [3.05, 3.63) is 11.5 Å². The molecule has 1 saturated heterocycles. The van der Waals surface area contributed by atoms with Gasteiger partial charge in [-0.05, 0) is 89.9 Å². The summed E-state index contributed by atoms with van der Waals surface area (Å²) in [6.07, 6.45) is 6.66. The molecule has 5 aliphatic rings. The molecule has 1 atom stereocenters. The molecule has 4 bridgehead atoms. The van der Waals surface area contributed by atoms with E-state index in [-0.39, 0.29) is 40.9 Å². The van der Waals surface area contributed by atoms with Gasteiger partial charge in [-0.1, -0.05) is 5.16 Å². The number of esters is 1. The standard InChI is InChI=1S/C24H34N2O6S/c1-14-21(15(2)32-25-14)33(29,30)26-6-4-20(5-7-26)23(28)31-16(3)22(27)24-11-17-8-18(12-24)10-19(9-17)13-24/h16-20H,4-13H2,1-3H3. The van der Waals surface area contributed by atoms with Gasteiger partial charge in [0, 0.05) is 18.5 Å². The van der Waals surface area contributed by atoms with Gasteiger partial charge in [0.15, 0.2) is 17.6 Å². The van der Waals surface area contributed by atoms with Crippen LogP contribution in [0.1, 0.15) is 69.7 Å². The van der Waals surface area contributed by atoms with Gasteiger partial charge in [0.05, 0.1) is 5.92 Å². The van der Waals surface area contributed by atoms with Crippen molar-refractivity contribution in [1.82, 2.24) is 9.46 Å². The molecule has 1 aliphatic heterocycles. The highest BCUT2D eigenvalue weighted by atomic mass is 32.2. The van der Waals surface area contributed by atoms with Crippen molar-refractivity contribution in [2.24, 2.45) is 29.1 Å². The van der Waals surface area contributed by atoms with Gasteiger partial charge in [-0.2, -0.15) is 4.31 Å². The van der Waals surface area contributed by atoms with Crippen molar-refractivity contribution < 1.29 is 27.3 Å². The van der Waals surface area contributed by atoms with Crippen molar-refractivity contribution in [2.75, 3.05) is 13.1 Å². The van der Waals surface area contributed by atoms with Crippen molar-refractivity contribution in [1.29, 1.82) is 0 Å². The van der Waals surface area contributed by atoms with Crippen LogP contribution in [0.5, 0.6) is 0 Å². The van der Waals surface area contributed by atoms with Crippen LogP contribution in [-0.2, 0) is 24.3 Å². The third-order valence-corrected chi connectivity index (χ3v) is 10.7. The lowest BCUT2D eigenvalue weighted by molar-refractivity contribution is -0.168. The first kappa shape index (κ1) is 23.0. The molecule has 2 heterocycles. The molecular weight excluding hydrogens is 444 g/mol. The molecule has 4 aliphatic carbocycles. The maximum absolute atomic E-state index is 13.4. The minimum atomic E-state index is -3.72. The van der Waals surface area contributed by atoms with Crippen LogP contribution in [0.4, 0.5) is 0 Å². The molecule has 1 aromatic heterocycles. The Kier molecular flexibility index (Phi) is 5.71. The largest absolute Gasteiger partial charge is 0.454 e. The van der Waals surface area contributed by atoms with Crippen LogP contribution in [0.2, 0.25) is 0 Å². The number of carbonyl (C=O) groups is 2. The zero-order valence-corrected chi connectivity index (χ0v) is 20.5. The summed E-state index contributed by atoms with van der Waals surface area (Å²) in [5, 5.41) is 3.75. The minimum Gasteiger partial charge on any atom is -0.454 e. The number of nitrogens with zero attached hydrogens (tertiary/aromatic N) is 2. The first-order chi connectivity index (χ1) is 15.6. The van der Waals surface area contributed by atoms with Gasteiger partial charge in [0.2, 0.25) is 10.0 Å². The second kappa shape index (κ2) is 8.18. The molecule has 5 fully saturated rings. The van der Waals surface area contributed by atoms with E-state index in [2.05, 4.69) is 5.16 Å². The second-order valence-corrected chi connectivity index (χ2v) is 12.8. The number of ether oxygens (including phenoxy) is 1. The lowest BCUT2D eigenvalue weighted by Gasteiger charge is -2.56. The molecule has 0 N–H and O–H groups in total. The van der Waals surface area contributed by atoms with E-state index in [1.807, 2.05) is 0 Å². The molecule has 6 rings (SSSR count). The lowest BCUT2D eigenvalue weighted by atomic mass is 9.48. The topological polar surface area (TPSA) is 107 Å². The molecule has 1 aromatic rings. The third kappa shape index (κ3) is 3.95. The zero-order valence-electron chi connectivity index (χ0n) is 19.7. The predicted molar refractivity (Wildman–Crippen MR) is 119 cm³/mol. The molecule has 0 radical (unpaired) electrons. The van der Waals surface area contributed by atoms with E-state index in [0.717, 1.165) is 19.3 Å². The van der Waals surface area contributed by atoms with Crippen LogP contribution in [0, 0.1) is 42.9 Å². The average molecular weight is 479 g/mol. The van der Waals surface area contributed by atoms with E-state index in [4.69, 9.17) is 9.26 Å². The van der Waals surface area contributed by atoms with E-state index in [0.29, 0.717) is 36.3 Å². The maximum Gasteiger partial charge on any atom is 0.309 e. The summed E-state index contributed by atoms with van der Waals surface area (Å²) in [6, 6.07) is 0. The summed E-state index contributed by atoms with van der Waals surface area (Å²) >= 11 is 0. The van der Waals surface area contributed by atoms with Gasteiger partial charge in [-0.25, -0.2) is 8.42 Å². The number of aryl methyl sites for hydroxylation is 2. The molecule has 8 nitrogen and oxygen atoms in total. The predicted octanol–water partition coefficient (Wildman–Crippen LogP) is 3.41. The normalized spacial score (nSPS) is 33.2. The molecule has 0 aromatic carbocycles. The van der Waals surface area contributed by atoms with Gasteiger partial charge < -0.3 is 9.26 Å². The highest BCUT2D eigenvalue weighted by Gasteiger charge is 2.55. The van der Waals surface area contributed by atoms with Gasteiger partial charge >= 0.3 is 5.97 Å². The van der Waals surface area contributed by atoms with Crippen LogP contribution in [0.15, 0.2) is 9.42 Å². The van der Waals surface area contributed by atoms with Crippen LogP contribution >= 0.6 is 0 Å². The average Bonchev–Trinajstić information content (AvgIpc) is 3.11. The first-order valence-electron chi connectivity index (χ1n) is 12.3. The number of aromatic nitrogens is 1. The Morgan fingerprint density at radius 1 is 1.06 bits per heavy atom. The number of rotatable bonds is 6. The third-order valence-electron chi connectivity index (χ3n) is 8.58. The Morgan fingerprint density at radius 3 is 2.09 bits per heavy atom. The smallest absolute Gasteiger partial charge is 0.309 e. The number of hydrogen-bond acceptors (Lipinski definition) is 7. The number of sulfonamides is 1. The van der Waals surface area contributed by atoms with Crippen molar-refractivity contribution in [3.63, 3.8) is 0 Å². The Morgan fingerprint density at radius 2 is 1.61 bits per heavy atom. The summed E-state index contributed by atoms with van der Waals surface area (Å²) < 4.78 is 38.1. The van der Waals surface area contributed by atoms with Crippen molar-refractivity contribution >= 4 is 21.8 Å². The van der Waals surface area contributed by atoms with Gasteiger partial charge in [-0.3, -0.25) is 9.59 Å². The fraction of sp³-hybridized carbons (Fsp3) is 0.792. The van der Waals surface area contributed by atoms with E-state index in [1.165, 1.54) is 23.6 Å². The summed E-state index contributed by atoms with van der Waals surface area (Å²) in [6.45, 7) is 5.36. The Hall–Kier alpha value is -1.74. The number of piperidine rings is 1. The SMILES string of the molecule is Cc1noc(C)c1S(=O)(=O)N1CCC(C(=O)OC(C)C(=O)C23CC4CC(CC(C4)C2)C3)CC1.